The van der Waals surface area contributed by atoms with Gasteiger partial charge in [-0.3, -0.25) is 19.1 Å². The second kappa shape index (κ2) is 5.17. The number of fused-ring (bicyclic) bond motifs is 1. The summed E-state index contributed by atoms with van der Waals surface area (Å²) in [6.07, 6.45) is 4.69. The predicted octanol–water partition coefficient (Wildman–Crippen LogP) is 1.73. The van der Waals surface area contributed by atoms with Gasteiger partial charge >= 0.3 is 6.09 Å². The number of imidazole rings is 1. The van der Waals surface area contributed by atoms with Crippen LogP contribution < -0.4 is 0 Å². The Morgan fingerprint density at radius 1 is 1.16 bits per heavy atom. The first-order valence-electron chi connectivity index (χ1n) is 7.39. The van der Waals surface area contributed by atoms with E-state index in [1.54, 1.807) is 30.5 Å². The molecule has 8 nitrogen and oxygen atoms in total. The molecule has 0 radical (unpaired) electrons. The molecule has 0 atom stereocenters. The molecular weight excluding hydrogens is 324 g/mol. The van der Waals surface area contributed by atoms with Crippen LogP contribution in [0, 0.1) is 0 Å². The van der Waals surface area contributed by atoms with Crippen molar-refractivity contribution in [2.45, 2.75) is 0 Å². The standard InChI is InChI=1S/C17H12N4O4/c1-19-15(22)13(14(16(19)23)20-7-6-18-9-20)11-8-21(17(24)25)12-5-3-2-4-10(11)12/h2-9H,1H3,(H,24,25). The first-order valence-corrected chi connectivity index (χ1v) is 7.39. The van der Waals surface area contributed by atoms with Gasteiger partial charge in [-0.1, -0.05) is 18.2 Å². The summed E-state index contributed by atoms with van der Waals surface area (Å²) < 4.78 is 2.51. The van der Waals surface area contributed by atoms with E-state index in [0.29, 0.717) is 16.5 Å². The Hall–Kier alpha value is -3.68. The van der Waals surface area contributed by atoms with Gasteiger partial charge in [-0.15, -0.1) is 0 Å². The average molecular weight is 336 g/mol. The van der Waals surface area contributed by atoms with Gasteiger partial charge < -0.3 is 9.67 Å². The molecule has 1 aliphatic heterocycles. The van der Waals surface area contributed by atoms with Crippen LogP contribution in [-0.2, 0) is 9.59 Å². The van der Waals surface area contributed by atoms with Gasteiger partial charge in [0, 0.05) is 36.6 Å². The topological polar surface area (TPSA) is 97.4 Å². The summed E-state index contributed by atoms with van der Waals surface area (Å²) in [7, 11) is 1.39. The Labute approximate surface area is 141 Å². The SMILES string of the molecule is CN1C(=O)C(c2cn(C(=O)O)c3ccccc23)=C(n2ccnc2)C1=O. The Bertz CT molecular complexity index is 1080. The van der Waals surface area contributed by atoms with E-state index < -0.39 is 17.9 Å². The third-order valence-electron chi connectivity index (χ3n) is 4.21. The predicted molar refractivity (Wildman–Crippen MR) is 88.5 cm³/mol. The minimum absolute atomic E-state index is 0.151. The summed E-state index contributed by atoms with van der Waals surface area (Å²) >= 11 is 0. The lowest BCUT2D eigenvalue weighted by molar-refractivity contribution is -0.134. The van der Waals surface area contributed by atoms with E-state index in [1.165, 1.54) is 30.3 Å². The molecule has 1 aromatic carbocycles. The van der Waals surface area contributed by atoms with Crippen LogP contribution in [0.25, 0.3) is 22.2 Å². The Kier molecular flexibility index (Phi) is 3.08. The molecule has 124 valence electrons. The third kappa shape index (κ3) is 2.01. The second-order valence-electron chi connectivity index (χ2n) is 5.58. The van der Waals surface area contributed by atoms with Gasteiger partial charge in [-0.25, -0.2) is 9.78 Å². The number of benzene rings is 1. The number of carbonyl (C=O) groups excluding carboxylic acids is 2. The van der Waals surface area contributed by atoms with Crippen molar-refractivity contribution < 1.29 is 19.5 Å². The zero-order valence-corrected chi connectivity index (χ0v) is 13.1. The molecule has 0 fully saturated rings. The van der Waals surface area contributed by atoms with E-state index in [0.717, 1.165) is 9.47 Å². The highest BCUT2D eigenvalue weighted by molar-refractivity contribution is 6.47. The van der Waals surface area contributed by atoms with Crippen molar-refractivity contribution in [1.82, 2.24) is 19.0 Å². The number of hydrogen-bond donors (Lipinski definition) is 1. The highest BCUT2D eigenvalue weighted by Gasteiger charge is 2.39. The number of carboxylic acid groups (broad SMARTS) is 1. The smallest absolute Gasteiger partial charge is 0.416 e. The molecule has 3 heterocycles. The monoisotopic (exact) mass is 336 g/mol. The van der Waals surface area contributed by atoms with Crippen molar-refractivity contribution in [2.24, 2.45) is 0 Å². The van der Waals surface area contributed by atoms with Gasteiger partial charge in [0.1, 0.15) is 5.70 Å². The first-order chi connectivity index (χ1) is 12.0. The lowest BCUT2D eigenvalue weighted by Crippen LogP contribution is -2.27. The van der Waals surface area contributed by atoms with Gasteiger partial charge in [0.05, 0.1) is 17.4 Å². The zero-order chi connectivity index (χ0) is 17.7. The molecule has 1 N–H and O–H groups in total. The van der Waals surface area contributed by atoms with Crippen LogP contribution in [0.4, 0.5) is 4.79 Å². The van der Waals surface area contributed by atoms with Gasteiger partial charge in [0.15, 0.2) is 0 Å². The van der Waals surface area contributed by atoms with Crippen LogP contribution in [0.2, 0.25) is 0 Å². The van der Waals surface area contributed by atoms with Gasteiger partial charge in [0.25, 0.3) is 11.8 Å². The molecule has 3 aromatic rings. The quantitative estimate of drug-likeness (QED) is 0.719. The number of hydrogen-bond acceptors (Lipinski definition) is 4. The maximum Gasteiger partial charge on any atom is 0.416 e. The molecule has 0 bridgehead atoms. The van der Waals surface area contributed by atoms with Crippen LogP contribution in [0.15, 0.2) is 49.2 Å². The van der Waals surface area contributed by atoms with E-state index >= 15 is 0 Å². The van der Waals surface area contributed by atoms with Gasteiger partial charge in [-0.05, 0) is 6.07 Å². The van der Waals surface area contributed by atoms with E-state index in [1.807, 2.05) is 0 Å². The summed E-state index contributed by atoms with van der Waals surface area (Å²) in [6, 6.07) is 6.83. The summed E-state index contributed by atoms with van der Waals surface area (Å²) in [4.78, 5) is 41.7. The van der Waals surface area contributed by atoms with Crippen LogP contribution in [-0.4, -0.2) is 49.1 Å². The fourth-order valence-electron chi connectivity index (χ4n) is 3.04. The normalized spacial score (nSPS) is 14.8. The molecular formula is C17H12N4O4. The van der Waals surface area contributed by atoms with E-state index in [9.17, 15) is 19.5 Å². The van der Waals surface area contributed by atoms with Crippen molar-refractivity contribution >= 4 is 40.1 Å². The summed E-state index contributed by atoms with van der Waals surface area (Å²) in [5.41, 5.74) is 1.14. The first kappa shape index (κ1) is 14.9. The number of imide groups is 1. The van der Waals surface area contributed by atoms with Gasteiger partial charge in [-0.2, -0.15) is 0 Å². The summed E-state index contributed by atoms with van der Waals surface area (Å²) in [6.45, 7) is 0. The van der Waals surface area contributed by atoms with Crippen molar-refractivity contribution in [1.29, 1.82) is 0 Å². The van der Waals surface area contributed by atoms with E-state index in [2.05, 4.69) is 4.98 Å². The summed E-state index contributed by atoms with van der Waals surface area (Å²) in [5.74, 6) is -0.952. The highest BCUT2D eigenvalue weighted by atomic mass is 16.4. The molecule has 8 heteroatoms. The number of nitrogens with zero attached hydrogens (tertiary/aromatic N) is 4. The number of para-hydroxylation sites is 1. The number of aromatic nitrogens is 3. The lowest BCUT2D eigenvalue weighted by Gasteiger charge is -2.06. The summed E-state index contributed by atoms with van der Waals surface area (Å²) in [5, 5.41) is 10.0. The molecule has 2 aromatic heterocycles. The molecule has 4 rings (SSSR count). The molecule has 0 aliphatic carbocycles. The van der Waals surface area contributed by atoms with Crippen molar-refractivity contribution in [2.75, 3.05) is 7.05 Å². The second-order valence-corrected chi connectivity index (χ2v) is 5.58. The van der Waals surface area contributed by atoms with Crippen LogP contribution >= 0.6 is 0 Å². The molecule has 1 aliphatic rings. The molecule has 0 saturated heterocycles. The maximum absolute atomic E-state index is 12.7. The average Bonchev–Trinajstić information content (AvgIpc) is 3.29. The number of rotatable bonds is 2. The minimum atomic E-state index is -1.17. The highest BCUT2D eigenvalue weighted by Crippen LogP contribution is 2.36. The van der Waals surface area contributed by atoms with Crippen molar-refractivity contribution in [3.8, 4) is 0 Å². The fourth-order valence-corrected chi connectivity index (χ4v) is 3.04. The van der Waals surface area contributed by atoms with E-state index in [-0.39, 0.29) is 11.3 Å². The van der Waals surface area contributed by atoms with Crippen LogP contribution in [0.5, 0.6) is 0 Å². The van der Waals surface area contributed by atoms with Crippen molar-refractivity contribution in [3.05, 3.63) is 54.7 Å². The number of likely N-dealkylation sites (N-methyl/N-ethyl adjacent to an activating group) is 1. The maximum atomic E-state index is 12.7. The molecule has 25 heavy (non-hydrogen) atoms. The largest absolute Gasteiger partial charge is 0.464 e. The van der Waals surface area contributed by atoms with Crippen LogP contribution in [0.1, 0.15) is 5.56 Å². The van der Waals surface area contributed by atoms with Crippen LogP contribution in [0.3, 0.4) is 0 Å². The number of amides is 2. The Balaban J connectivity index is 2.09. The van der Waals surface area contributed by atoms with Crippen molar-refractivity contribution in [3.63, 3.8) is 0 Å². The van der Waals surface area contributed by atoms with Gasteiger partial charge in [0.2, 0.25) is 0 Å². The fraction of sp³-hybridized carbons (Fsp3) is 0.0588. The molecule has 2 amide bonds. The number of carbonyl (C=O) groups is 3. The Morgan fingerprint density at radius 2 is 1.92 bits per heavy atom. The zero-order valence-electron chi connectivity index (χ0n) is 13.1. The molecule has 0 saturated carbocycles. The molecule has 0 spiro atoms. The Morgan fingerprint density at radius 3 is 2.60 bits per heavy atom. The molecule has 0 unspecified atom stereocenters. The third-order valence-corrected chi connectivity index (χ3v) is 4.21. The minimum Gasteiger partial charge on any atom is -0.464 e. The van der Waals surface area contributed by atoms with E-state index in [4.69, 9.17) is 0 Å². The lowest BCUT2D eigenvalue weighted by atomic mass is 10.0.